The molecule has 88 valence electrons. The number of hydrogen-bond acceptors (Lipinski definition) is 7. The van der Waals surface area contributed by atoms with Crippen molar-refractivity contribution in [2.75, 3.05) is 26.4 Å². The fourth-order valence-electron chi connectivity index (χ4n) is 1.06. The van der Waals surface area contributed by atoms with Gasteiger partial charge in [-0.1, -0.05) is 0 Å². The summed E-state index contributed by atoms with van der Waals surface area (Å²) in [6, 6.07) is 0. The number of nitrogens with two attached hydrogens (primary N) is 1. The first-order valence-electron chi connectivity index (χ1n) is 4.37. The lowest BCUT2D eigenvalue weighted by atomic mass is 10.8. The molecule has 2 heterocycles. The van der Waals surface area contributed by atoms with Crippen molar-refractivity contribution < 1.29 is 32.6 Å². The predicted molar refractivity (Wildman–Crippen MR) is 45.3 cm³/mol. The molecule has 0 aliphatic carbocycles. The molecule has 2 aliphatic heterocycles. The van der Waals surface area contributed by atoms with Gasteiger partial charge in [0.2, 0.25) is 0 Å². The van der Waals surface area contributed by atoms with Crippen LogP contribution in [0.4, 0.5) is 0 Å². The normalized spacial score (nSPS) is 25.1. The molecule has 0 unspecified atom stereocenters. The van der Waals surface area contributed by atoms with E-state index >= 15 is 0 Å². The smallest absolute Gasteiger partial charge is 0.327 e. The Morgan fingerprint density at radius 3 is 1.60 bits per heavy atom. The molecule has 2 saturated heterocycles. The van der Waals surface area contributed by atoms with E-state index in [2.05, 4.69) is 0 Å². The molecular formula is C6H12NO7P. The molecule has 8 nitrogen and oxygen atoms in total. The van der Waals surface area contributed by atoms with Crippen LogP contribution < -0.4 is 5.50 Å². The first-order chi connectivity index (χ1) is 7.16. The lowest BCUT2D eigenvalue weighted by Gasteiger charge is -2.18. The quantitative estimate of drug-likeness (QED) is 0.672. The summed E-state index contributed by atoms with van der Waals surface area (Å²) < 4.78 is 40.7. The number of ether oxygens (including phenoxy) is 4. The van der Waals surface area contributed by atoms with Gasteiger partial charge in [0.1, 0.15) is 0 Å². The average Bonchev–Trinajstić information content (AvgIpc) is 2.75. The lowest BCUT2D eigenvalue weighted by Crippen LogP contribution is -2.20. The van der Waals surface area contributed by atoms with Crippen molar-refractivity contribution in [1.82, 2.24) is 0 Å². The highest BCUT2D eigenvalue weighted by Crippen LogP contribution is 2.43. The van der Waals surface area contributed by atoms with Gasteiger partial charge >= 0.3 is 7.75 Å². The van der Waals surface area contributed by atoms with Gasteiger partial charge in [-0.3, -0.25) is 0 Å². The van der Waals surface area contributed by atoms with Crippen LogP contribution in [0.3, 0.4) is 0 Å². The van der Waals surface area contributed by atoms with E-state index < -0.39 is 20.7 Å². The maximum Gasteiger partial charge on any atom is 0.411 e. The summed E-state index contributed by atoms with van der Waals surface area (Å²) in [5.74, 6) is 0. The van der Waals surface area contributed by atoms with E-state index in [0.29, 0.717) is 26.4 Å². The second kappa shape index (κ2) is 4.86. The van der Waals surface area contributed by atoms with E-state index in [9.17, 15) is 4.57 Å². The first kappa shape index (κ1) is 11.4. The highest BCUT2D eigenvalue weighted by atomic mass is 31.2. The van der Waals surface area contributed by atoms with Gasteiger partial charge in [0.15, 0.2) is 0 Å². The van der Waals surface area contributed by atoms with E-state index in [-0.39, 0.29) is 0 Å². The number of hydrogen-bond donors (Lipinski definition) is 1. The Morgan fingerprint density at radius 1 is 0.933 bits per heavy atom. The third kappa shape index (κ3) is 3.47. The SMILES string of the molecule is NP(=O)(OC1OCCO1)OC1OCCO1. The summed E-state index contributed by atoms with van der Waals surface area (Å²) in [5, 5.41) is 0. The Balaban J connectivity index is 1.79. The van der Waals surface area contributed by atoms with Gasteiger partial charge < -0.3 is 18.9 Å². The van der Waals surface area contributed by atoms with Crippen LogP contribution in [0.5, 0.6) is 0 Å². The number of rotatable bonds is 4. The summed E-state index contributed by atoms with van der Waals surface area (Å²) in [7, 11) is -3.79. The summed E-state index contributed by atoms with van der Waals surface area (Å²) in [5.41, 5.74) is 5.27. The fourth-order valence-corrected chi connectivity index (χ4v) is 1.83. The van der Waals surface area contributed by atoms with E-state index in [1.54, 1.807) is 0 Å². The summed E-state index contributed by atoms with van der Waals surface area (Å²) >= 11 is 0. The molecule has 2 aliphatic rings. The van der Waals surface area contributed by atoms with Crippen LogP contribution in [0, 0.1) is 0 Å². The maximum absolute atomic E-state index is 11.5. The van der Waals surface area contributed by atoms with Gasteiger partial charge in [-0.15, -0.1) is 0 Å². The molecule has 0 radical (unpaired) electrons. The minimum Gasteiger partial charge on any atom is -0.327 e. The van der Waals surface area contributed by atoms with Crippen LogP contribution in [0.15, 0.2) is 0 Å². The van der Waals surface area contributed by atoms with Gasteiger partial charge in [-0.25, -0.2) is 19.1 Å². The van der Waals surface area contributed by atoms with Crippen LogP contribution in [0.25, 0.3) is 0 Å². The molecule has 0 atom stereocenters. The Kier molecular flexibility index (Phi) is 3.70. The van der Waals surface area contributed by atoms with E-state index in [4.69, 9.17) is 33.5 Å². The highest BCUT2D eigenvalue weighted by molar-refractivity contribution is 7.51. The average molecular weight is 241 g/mol. The fraction of sp³-hybridized carbons (Fsp3) is 1.00. The molecule has 0 aromatic carbocycles. The lowest BCUT2D eigenvalue weighted by molar-refractivity contribution is -0.210. The monoisotopic (exact) mass is 241 g/mol. The van der Waals surface area contributed by atoms with E-state index in [1.165, 1.54) is 0 Å². The largest absolute Gasteiger partial charge is 0.411 e. The van der Waals surface area contributed by atoms with Gasteiger partial charge in [-0.2, -0.15) is 0 Å². The Bertz CT molecular complexity index is 228. The minimum atomic E-state index is -3.79. The van der Waals surface area contributed by atoms with Crippen molar-refractivity contribution in [1.29, 1.82) is 0 Å². The molecule has 0 bridgehead atoms. The van der Waals surface area contributed by atoms with Gasteiger partial charge in [0, 0.05) is 0 Å². The minimum absolute atomic E-state index is 0.362. The third-order valence-corrected chi connectivity index (χ3v) is 2.58. The third-order valence-electron chi connectivity index (χ3n) is 1.65. The zero-order valence-electron chi connectivity index (χ0n) is 7.87. The van der Waals surface area contributed by atoms with Crippen molar-refractivity contribution in [3.63, 3.8) is 0 Å². The van der Waals surface area contributed by atoms with Crippen LogP contribution in [-0.4, -0.2) is 39.4 Å². The van der Waals surface area contributed by atoms with Crippen LogP contribution in [0.1, 0.15) is 0 Å². The molecule has 2 N–H and O–H groups in total. The molecule has 2 rings (SSSR count). The van der Waals surface area contributed by atoms with E-state index in [1.807, 2.05) is 0 Å². The van der Waals surface area contributed by atoms with Crippen molar-refractivity contribution >= 4 is 7.75 Å². The zero-order chi connectivity index (χ0) is 10.7. The summed E-state index contributed by atoms with van der Waals surface area (Å²) in [6.07, 6.45) is 0. The molecule has 0 saturated carbocycles. The Labute approximate surface area is 86.1 Å². The summed E-state index contributed by atoms with van der Waals surface area (Å²) in [6.45, 7) is -0.658. The van der Waals surface area contributed by atoms with Gasteiger partial charge in [0.05, 0.1) is 26.4 Å². The highest BCUT2D eigenvalue weighted by Gasteiger charge is 2.33. The van der Waals surface area contributed by atoms with Gasteiger partial charge in [0.25, 0.3) is 13.0 Å². The van der Waals surface area contributed by atoms with Gasteiger partial charge in [-0.05, 0) is 0 Å². The van der Waals surface area contributed by atoms with Crippen molar-refractivity contribution in [3.05, 3.63) is 0 Å². The van der Waals surface area contributed by atoms with Crippen molar-refractivity contribution in [2.45, 2.75) is 13.0 Å². The molecule has 0 aromatic heterocycles. The van der Waals surface area contributed by atoms with Crippen molar-refractivity contribution in [2.24, 2.45) is 5.50 Å². The standard InChI is InChI=1S/C6H12NO7P/c7-15(8,13-5-9-1-2-10-5)14-6-11-3-4-12-6/h5-6H,1-4H2,(H2,7,8). The van der Waals surface area contributed by atoms with E-state index in [0.717, 1.165) is 0 Å². The van der Waals surface area contributed by atoms with Crippen LogP contribution in [0.2, 0.25) is 0 Å². The molecule has 0 aromatic rings. The molecule has 2 fully saturated rings. The second-order valence-corrected chi connectivity index (χ2v) is 4.31. The first-order valence-corrected chi connectivity index (χ1v) is 5.99. The topological polar surface area (TPSA) is 98.5 Å². The zero-order valence-corrected chi connectivity index (χ0v) is 8.76. The molecule has 0 spiro atoms. The Hall–Kier alpha value is -0.0500. The summed E-state index contributed by atoms with van der Waals surface area (Å²) in [4.78, 5) is 0. The molecular weight excluding hydrogens is 229 g/mol. The molecule has 15 heavy (non-hydrogen) atoms. The molecule has 0 amide bonds. The van der Waals surface area contributed by atoms with Crippen molar-refractivity contribution in [3.8, 4) is 0 Å². The van der Waals surface area contributed by atoms with Crippen LogP contribution in [-0.2, 0) is 32.6 Å². The molecule has 9 heteroatoms. The van der Waals surface area contributed by atoms with Crippen LogP contribution >= 0.6 is 7.75 Å². The predicted octanol–water partition coefficient (Wildman–Crippen LogP) is -0.253. The second-order valence-electron chi connectivity index (χ2n) is 2.81. The maximum atomic E-state index is 11.5. The Morgan fingerprint density at radius 2 is 1.27 bits per heavy atom.